The van der Waals surface area contributed by atoms with Crippen LogP contribution >= 0.6 is 0 Å². The van der Waals surface area contributed by atoms with Crippen LogP contribution < -0.4 is 5.32 Å². The summed E-state index contributed by atoms with van der Waals surface area (Å²) < 4.78 is 10.8. The number of methoxy groups -OCH3 is 1. The van der Waals surface area contributed by atoms with Gasteiger partial charge in [0, 0.05) is 17.9 Å². The molecule has 214 valence electrons. The molecular formula is C29H37N5O6. The van der Waals surface area contributed by atoms with Crippen molar-refractivity contribution in [2.45, 2.75) is 63.8 Å². The quantitative estimate of drug-likeness (QED) is 0.178. The fourth-order valence-corrected chi connectivity index (χ4v) is 4.83. The van der Waals surface area contributed by atoms with Crippen molar-refractivity contribution in [2.24, 2.45) is 11.0 Å². The molecule has 0 saturated carbocycles. The van der Waals surface area contributed by atoms with Gasteiger partial charge in [0.05, 0.1) is 19.3 Å². The Morgan fingerprint density at radius 1 is 1.15 bits per heavy atom. The number of aromatic hydroxyl groups is 1. The smallest absolute Gasteiger partial charge is 0.328 e. The van der Waals surface area contributed by atoms with Crippen LogP contribution in [0.25, 0.3) is 10.4 Å². The SMILES string of the molecule is COC(=O)[C@H](CC(C)C)NC(=O)[C@H](Cc1ccccc1)N1CC[C@@H]([C@H](Cc2ccc(O)cc2)N=[N+]=[N-])OCC1=O. The van der Waals surface area contributed by atoms with E-state index >= 15 is 0 Å². The molecule has 0 bridgehead atoms. The van der Waals surface area contributed by atoms with Gasteiger partial charge < -0.3 is 24.8 Å². The molecule has 0 unspecified atom stereocenters. The molecule has 2 aromatic rings. The number of azide groups is 1. The van der Waals surface area contributed by atoms with Gasteiger partial charge in [0.2, 0.25) is 11.8 Å². The zero-order chi connectivity index (χ0) is 29.1. The molecule has 1 heterocycles. The molecule has 0 aromatic heterocycles. The van der Waals surface area contributed by atoms with Crippen molar-refractivity contribution >= 4 is 17.8 Å². The average molecular weight is 552 g/mol. The molecule has 0 aliphatic carbocycles. The Labute approximate surface area is 234 Å². The third kappa shape index (κ3) is 8.72. The number of hydrogen-bond donors (Lipinski definition) is 2. The van der Waals surface area contributed by atoms with E-state index in [4.69, 9.17) is 9.47 Å². The van der Waals surface area contributed by atoms with Crippen LogP contribution in [-0.4, -0.2) is 72.3 Å². The molecule has 1 fully saturated rings. The van der Waals surface area contributed by atoms with E-state index in [9.17, 15) is 25.0 Å². The summed E-state index contributed by atoms with van der Waals surface area (Å²) in [7, 11) is 1.28. The third-order valence-electron chi connectivity index (χ3n) is 6.87. The second-order valence-electron chi connectivity index (χ2n) is 10.3. The van der Waals surface area contributed by atoms with Crippen molar-refractivity contribution < 1.29 is 29.0 Å². The lowest BCUT2D eigenvalue weighted by Gasteiger charge is -2.31. The van der Waals surface area contributed by atoms with Gasteiger partial charge in [-0.05, 0) is 54.0 Å². The standard InChI is InChI=1S/C29H37N5O6/c1-19(2)15-24(29(38)39-3)31-28(37)25(17-20-7-5-4-6-8-20)34-14-13-26(40-18-27(34)36)23(32-33-30)16-21-9-11-22(35)12-10-21/h4-12,19,23-26,35H,13-18H2,1-3H3,(H,31,37)/t23-,24-,25-,26-/m0/s1. The number of carbonyl (C=O) groups excluding carboxylic acids is 3. The highest BCUT2D eigenvalue weighted by molar-refractivity contribution is 5.91. The van der Waals surface area contributed by atoms with E-state index < -0.39 is 36.1 Å². The largest absolute Gasteiger partial charge is 0.508 e. The topological polar surface area (TPSA) is 154 Å². The van der Waals surface area contributed by atoms with Crippen LogP contribution in [0.5, 0.6) is 5.75 Å². The predicted molar refractivity (Wildman–Crippen MR) is 148 cm³/mol. The number of benzene rings is 2. The number of amides is 2. The molecule has 0 spiro atoms. The van der Waals surface area contributed by atoms with Crippen LogP contribution in [-0.2, 0) is 36.7 Å². The minimum Gasteiger partial charge on any atom is -0.508 e. The number of carbonyl (C=O) groups is 3. The Balaban J connectivity index is 1.83. The fourth-order valence-electron chi connectivity index (χ4n) is 4.83. The number of nitrogens with one attached hydrogen (secondary N) is 1. The first-order valence-electron chi connectivity index (χ1n) is 13.4. The van der Waals surface area contributed by atoms with Crippen molar-refractivity contribution in [2.75, 3.05) is 20.3 Å². The zero-order valence-corrected chi connectivity index (χ0v) is 23.1. The molecule has 2 aromatic carbocycles. The molecule has 0 radical (unpaired) electrons. The molecular weight excluding hydrogens is 514 g/mol. The maximum absolute atomic E-state index is 13.7. The van der Waals surface area contributed by atoms with E-state index in [2.05, 4.69) is 15.3 Å². The summed E-state index contributed by atoms with van der Waals surface area (Å²) in [6.07, 6.45) is 0.751. The molecule has 4 atom stereocenters. The van der Waals surface area contributed by atoms with Gasteiger partial charge in [-0.1, -0.05) is 61.4 Å². The maximum atomic E-state index is 13.7. The zero-order valence-electron chi connectivity index (χ0n) is 23.1. The number of phenols is 1. The Kier molecular flexibility index (Phi) is 11.4. The Morgan fingerprint density at radius 3 is 2.45 bits per heavy atom. The van der Waals surface area contributed by atoms with Gasteiger partial charge in [0.25, 0.3) is 0 Å². The van der Waals surface area contributed by atoms with Crippen LogP contribution in [0.2, 0.25) is 0 Å². The highest BCUT2D eigenvalue weighted by Gasteiger charge is 2.36. The summed E-state index contributed by atoms with van der Waals surface area (Å²) in [5.41, 5.74) is 10.9. The number of ether oxygens (including phenoxy) is 2. The van der Waals surface area contributed by atoms with E-state index in [1.54, 1.807) is 24.3 Å². The summed E-state index contributed by atoms with van der Waals surface area (Å²) in [5, 5.41) is 16.3. The highest BCUT2D eigenvalue weighted by Crippen LogP contribution is 2.22. The van der Waals surface area contributed by atoms with Gasteiger partial charge >= 0.3 is 5.97 Å². The molecule has 11 heteroatoms. The number of esters is 1. The van der Waals surface area contributed by atoms with Gasteiger partial charge in [-0.3, -0.25) is 9.59 Å². The first kappa shape index (κ1) is 30.5. The predicted octanol–water partition coefficient (Wildman–Crippen LogP) is 3.55. The Hall–Kier alpha value is -4.08. The molecule has 3 rings (SSSR count). The summed E-state index contributed by atoms with van der Waals surface area (Å²) in [5.74, 6) is -1.12. The normalized spacial score (nSPS) is 17.8. The summed E-state index contributed by atoms with van der Waals surface area (Å²) >= 11 is 0. The minimum atomic E-state index is -0.897. The average Bonchev–Trinajstić information content (AvgIpc) is 3.13. The van der Waals surface area contributed by atoms with Crippen LogP contribution in [0.15, 0.2) is 59.7 Å². The van der Waals surface area contributed by atoms with Crippen molar-refractivity contribution in [1.82, 2.24) is 10.2 Å². The molecule has 1 aliphatic heterocycles. The van der Waals surface area contributed by atoms with E-state index in [0.29, 0.717) is 19.3 Å². The first-order chi connectivity index (χ1) is 19.2. The van der Waals surface area contributed by atoms with Crippen molar-refractivity contribution in [3.05, 3.63) is 76.2 Å². The van der Waals surface area contributed by atoms with Crippen LogP contribution in [0.4, 0.5) is 0 Å². The Bertz CT molecular complexity index is 1180. The van der Waals surface area contributed by atoms with Crippen molar-refractivity contribution in [3.8, 4) is 5.75 Å². The lowest BCUT2D eigenvalue weighted by molar-refractivity contribution is -0.147. The highest BCUT2D eigenvalue weighted by atomic mass is 16.5. The Morgan fingerprint density at radius 2 is 1.82 bits per heavy atom. The molecule has 1 aliphatic rings. The second-order valence-corrected chi connectivity index (χ2v) is 10.3. The molecule has 11 nitrogen and oxygen atoms in total. The molecule has 2 N–H and O–H groups in total. The van der Waals surface area contributed by atoms with E-state index in [1.807, 2.05) is 44.2 Å². The fraction of sp³-hybridized carbons (Fsp3) is 0.483. The lowest BCUT2D eigenvalue weighted by Crippen LogP contribution is -2.55. The van der Waals surface area contributed by atoms with Gasteiger partial charge in [-0.25, -0.2) is 4.79 Å². The number of nitrogens with zero attached hydrogens (tertiary/aromatic N) is 4. The van der Waals surface area contributed by atoms with Gasteiger partial charge in [0.15, 0.2) is 0 Å². The number of phenolic OH excluding ortho intramolecular Hbond substituents is 1. The maximum Gasteiger partial charge on any atom is 0.328 e. The van der Waals surface area contributed by atoms with Gasteiger partial charge in [-0.2, -0.15) is 0 Å². The first-order valence-corrected chi connectivity index (χ1v) is 13.4. The van der Waals surface area contributed by atoms with E-state index in [-0.39, 0.29) is 37.1 Å². The van der Waals surface area contributed by atoms with Crippen LogP contribution in [0.3, 0.4) is 0 Å². The summed E-state index contributed by atoms with van der Waals surface area (Å²) in [6, 6.07) is 13.6. The van der Waals surface area contributed by atoms with E-state index in [0.717, 1.165) is 11.1 Å². The molecule has 40 heavy (non-hydrogen) atoms. The third-order valence-corrected chi connectivity index (χ3v) is 6.87. The monoisotopic (exact) mass is 551 g/mol. The molecule has 2 amide bonds. The lowest BCUT2D eigenvalue weighted by atomic mass is 9.98. The second kappa shape index (κ2) is 14.9. The van der Waals surface area contributed by atoms with Crippen LogP contribution in [0.1, 0.15) is 37.8 Å². The molecule has 1 saturated heterocycles. The number of rotatable bonds is 12. The van der Waals surface area contributed by atoms with E-state index in [1.165, 1.54) is 12.0 Å². The van der Waals surface area contributed by atoms with Gasteiger partial charge in [0.1, 0.15) is 24.4 Å². The number of hydrogen-bond acceptors (Lipinski definition) is 7. The van der Waals surface area contributed by atoms with Gasteiger partial charge in [-0.15, -0.1) is 0 Å². The van der Waals surface area contributed by atoms with Crippen LogP contribution in [0, 0.1) is 5.92 Å². The summed E-state index contributed by atoms with van der Waals surface area (Å²) in [6.45, 7) is 3.78. The van der Waals surface area contributed by atoms with Crippen molar-refractivity contribution in [3.63, 3.8) is 0 Å². The minimum absolute atomic E-state index is 0.122. The summed E-state index contributed by atoms with van der Waals surface area (Å²) in [4.78, 5) is 43.9. The van der Waals surface area contributed by atoms with Crippen molar-refractivity contribution in [1.29, 1.82) is 0 Å².